The quantitative estimate of drug-likeness (QED) is 0.476. The van der Waals surface area contributed by atoms with Crippen LogP contribution < -0.4 is 10.6 Å². The van der Waals surface area contributed by atoms with Gasteiger partial charge in [-0.25, -0.2) is 18.0 Å². The second kappa shape index (κ2) is 12.3. The summed E-state index contributed by atoms with van der Waals surface area (Å²) in [6, 6.07) is 14.8. The summed E-state index contributed by atoms with van der Waals surface area (Å²) in [4.78, 5) is 37.9. The first-order chi connectivity index (χ1) is 16.4. The first kappa shape index (κ1) is 27.8. The van der Waals surface area contributed by atoms with Crippen molar-refractivity contribution in [2.24, 2.45) is 0 Å². The minimum absolute atomic E-state index is 0.120. The average Bonchev–Trinajstić information content (AvgIpc) is 2.77. The van der Waals surface area contributed by atoms with Crippen LogP contribution in [0.1, 0.15) is 31.9 Å². The molecule has 190 valence electrons. The number of ether oxygens (including phenoxy) is 2. The Balaban J connectivity index is 2.24. The average molecular weight is 505 g/mol. The van der Waals surface area contributed by atoms with Gasteiger partial charge in [-0.15, -0.1) is 0 Å². The highest BCUT2D eigenvalue weighted by atomic mass is 32.2. The molecule has 0 aliphatic rings. The minimum Gasteiger partial charge on any atom is -0.467 e. The van der Waals surface area contributed by atoms with Crippen molar-refractivity contribution in [3.05, 3.63) is 71.8 Å². The van der Waals surface area contributed by atoms with Gasteiger partial charge in [-0.05, 0) is 31.9 Å². The van der Waals surface area contributed by atoms with Crippen molar-refractivity contribution in [1.82, 2.24) is 10.6 Å². The Morgan fingerprint density at radius 2 is 1.40 bits per heavy atom. The maximum Gasteiger partial charge on any atom is 0.408 e. The van der Waals surface area contributed by atoms with E-state index in [4.69, 9.17) is 9.47 Å². The van der Waals surface area contributed by atoms with Crippen LogP contribution in [0.2, 0.25) is 0 Å². The number of methoxy groups -OCH3 is 1. The van der Waals surface area contributed by atoms with Crippen molar-refractivity contribution in [1.29, 1.82) is 0 Å². The molecule has 0 aliphatic heterocycles. The van der Waals surface area contributed by atoms with Gasteiger partial charge in [-0.1, -0.05) is 60.7 Å². The highest BCUT2D eigenvalue weighted by molar-refractivity contribution is 7.90. The number of amides is 2. The van der Waals surface area contributed by atoms with Crippen LogP contribution >= 0.6 is 0 Å². The van der Waals surface area contributed by atoms with Crippen LogP contribution in [0.4, 0.5) is 4.79 Å². The minimum atomic E-state index is -3.84. The standard InChI is InChI=1S/C25H32N2O7S/c1-25(2,3)34-24(30)27-21(17-35(31,32)16-19-13-9-6-10-14-19)22(28)26-20(23(29)33-4)15-18-11-7-5-8-12-18/h5-14,20-21H,15-17H2,1-4H3,(H,26,28)(H,27,30)/t20-,21+/m0/s1. The first-order valence-electron chi connectivity index (χ1n) is 11.0. The van der Waals surface area contributed by atoms with Crippen molar-refractivity contribution in [3.63, 3.8) is 0 Å². The number of benzene rings is 2. The number of hydrogen-bond donors (Lipinski definition) is 2. The van der Waals surface area contributed by atoms with Crippen molar-refractivity contribution in [2.75, 3.05) is 12.9 Å². The lowest BCUT2D eigenvalue weighted by Gasteiger charge is -2.25. The normalized spacial score (nSPS) is 13.3. The molecule has 0 heterocycles. The van der Waals surface area contributed by atoms with Gasteiger partial charge in [-0.3, -0.25) is 4.79 Å². The molecule has 0 radical (unpaired) electrons. The molecule has 9 nitrogen and oxygen atoms in total. The molecule has 2 aromatic rings. The van der Waals surface area contributed by atoms with Gasteiger partial charge in [0, 0.05) is 6.42 Å². The second-order valence-corrected chi connectivity index (χ2v) is 11.1. The predicted octanol–water partition coefficient (Wildman–Crippen LogP) is 2.40. The first-order valence-corrected chi connectivity index (χ1v) is 12.9. The number of rotatable bonds is 10. The van der Waals surface area contributed by atoms with Gasteiger partial charge in [0.25, 0.3) is 0 Å². The fraction of sp³-hybridized carbons (Fsp3) is 0.400. The molecule has 0 fully saturated rings. The molecular weight excluding hydrogens is 472 g/mol. The van der Waals surface area contributed by atoms with E-state index in [1.54, 1.807) is 75.4 Å². The Bertz CT molecular complexity index is 1100. The summed E-state index contributed by atoms with van der Waals surface area (Å²) in [5.74, 6) is -2.56. The van der Waals surface area contributed by atoms with Crippen molar-refractivity contribution in [3.8, 4) is 0 Å². The summed E-state index contributed by atoms with van der Waals surface area (Å²) in [6.07, 6.45) is -0.833. The Kier molecular flexibility index (Phi) is 9.82. The van der Waals surface area contributed by atoms with Crippen LogP contribution in [-0.2, 0) is 41.1 Å². The monoisotopic (exact) mass is 504 g/mol. The molecule has 2 amide bonds. The second-order valence-electron chi connectivity index (χ2n) is 9.01. The molecule has 0 bridgehead atoms. The van der Waals surface area contributed by atoms with Gasteiger partial charge in [0.15, 0.2) is 9.84 Å². The highest BCUT2D eigenvalue weighted by Crippen LogP contribution is 2.11. The Morgan fingerprint density at radius 1 is 0.857 bits per heavy atom. The third-order valence-corrected chi connectivity index (χ3v) is 6.36. The molecule has 2 aromatic carbocycles. The zero-order chi connectivity index (χ0) is 26.1. The maximum absolute atomic E-state index is 13.1. The maximum atomic E-state index is 13.1. The molecule has 2 N–H and O–H groups in total. The largest absolute Gasteiger partial charge is 0.467 e. The molecule has 2 atom stereocenters. The topological polar surface area (TPSA) is 128 Å². The Morgan fingerprint density at radius 3 is 1.91 bits per heavy atom. The zero-order valence-electron chi connectivity index (χ0n) is 20.3. The van der Waals surface area contributed by atoms with Crippen molar-refractivity contribution >= 4 is 27.8 Å². The van der Waals surface area contributed by atoms with E-state index in [1.165, 1.54) is 7.11 Å². The fourth-order valence-corrected chi connectivity index (χ4v) is 4.79. The van der Waals surface area contributed by atoms with Crippen molar-refractivity contribution in [2.45, 2.75) is 50.6 Å². The molecule has 10 heteroatoms. The van der Waals surface area contributed by atoms with E-state index < -0.39 is 51.2 Å². The van der Waals surface area contributed by atoms with Gasteiger partial charge in [0.05, 0.1) is 18.6 Å². The van der Waals surface area contributed by atoms with E-state index in [-0.39, 0.29) is 12.2 Å². The van der Waals surface area contributed by atoms with E-state index >= 15 is 0 Å². The Labute approximate surface area is 206 Å². The summed E-state index contributed by atoms with van der Waals surface area (Å²) >= 11 is 0. The zero-order valence-corrected chi connectivity index (χ0v) is 21.1. The van der Waals surface area contributed by atoms with E-state index in [0.29, 0.717) is 5.56 Å². The molecule has 0 aliphatic carbocycles. The highest BCUT2D eigenvalue weighted by Gasteiger charge is 2.32. The third kappa shape index (κ3) is 10.2. The van der Waals surface area contributed by atoms with E-state index in [2.05, 4.69) is 10.6 Å². The van der Waals surface area contributed by atoms with E-state index in [1.807, 2.05) is 6.07 Å². The predicted molar refractivity (Wildman–Crippen MR) is 131 cm³/mol. The summed E-state index contributed by atoms with van der Waals surface area (Å²) in [5.41, 5.74) is 0.438. The smallest absolute Gasteiger partial charge is 0.408 e. The van der Waals surface area contributed by atoms with Gasteiger partial charge in [0.1, 0.15) is 17.7 Å². The van der Waals surface area contributed by atoms with E-state index in [0.717, 1.165) is 5.56 Å². The number of esters is 1. The molecule has 35 heavy (non-hydrogen) atoms. The number of carbonyl (C=O) groups is 3. The molecule has 0 saturated heterocycles. The fourth-order valence-electron chi connectivity index (χ4n) is 3.23. The van der Waals surface area contributed by atoms with Crippen LogP contribution in [-0.4, -0.2) is 56.9 Å². The van der Waals surface area contributed by atoms with Gasteiger partial charge >= 0.3 is 12.1 Å². The number of nitrogens with one attached hydrogen (secondary N) is 2. The van der Waals surface area contributed by atoms with Crippen LogP contribution in [0.15, 0.2) is 60.7 Å². The summed E-state index contributed by atoms with van der Waals surface area (Å²) < 4.78 is 35.8. The molecule has 0 unspecified atom stereocenters. The molecular formula is C25H32N2O7S. The molecule has 0 spiro atoms. The summed E-state index contributed by atoms with van der Waals surface area (Å²) in [6.45, 7) is 4.92. The lowest BCUT2D eigenvalue weighted by Crippen LogP contribution is -2.55. The van der Waals surface area contributed by atoms with Crippen LogP contribution in [0.25, 0.3) is 0 Å². The molecule has 2 rings (SSSR count). The van der Waals surface area contributed by atoms with Crippen LogP contribution in [0.3, 0.4) is 0 Å². The number of sulfone groups is 1. The third-order valence-electron chi connectivity index (χ3n) is 4.74. The Hall–Kier alpha value is -3.40. The molecule has 0 aromatic heterocycles. The summed E-state index contributed by atoms with van der Waals surface area (Å²) in [5, 5.41) is 4.86. The van der Waals surface area contributed by atoms with Crippen LogP contribution in [0, 0.1) is 0 Å². The number of carbonyl (C=O) groups excluding carboxylic acids is 3. The lowest BCUT2D eigenvalue weighted by molar-refractivity contribution is -0.145. The number of hydrogen-bond acceptors (Lipinski definition) is 7. The molecule has 0 saturated carbocycles. The van der Waals surface area contributed by atoms with Gasteiger partial charge < -0.3 is 20.1 Å². The lowest BCUT2D eigenvalue weighted by atomic mass is 10.1. The number of alkyl carbamates (subject to hydrolysis) is 1. The SMILES string of the molecule is COC(=O)[C@H](Cc1ccccc1)NC(=O)[C@@H](CS(=O)(=O)Cc1ccccc1)NC(=O)OC(C)(C)C. The van der Waals surface area contributed by atoms with Gasteiger partial charge in [0.2, 0.25) is 5.91 Å². The van der Waals surface area contributed by atoms with E-state index in [9.17, 15) is 22.8 Å². The van der Waals surface area contributed by atoms with Gasteiger partial charge in [-0.2, -0.15) is 0 Å². The summed E-state index contributed by atoms with van der Waals surface area (Å²) in [7, 11) is -2.65. The van der Waals surface area contributed by atoms with Crippen molar-refractivity contribution < 1.29 is 32.3 Å². The van der Waals surface area contributed by atoms with Crippen LogP contribution in [0.5, 0.6) is 0 Å².